The second-order valence-corrected chi connectivity index (χ2v) is 6.27. The molecule has 9 nitrogen and oxygen atoms in total. The third-order valence-electron chi connectivity index (χ3n) is 4.31. The molecular weight excluding hydrogens is 330 g/mol. The van der Waals surface area contributed by atoms with E-state index in [9.17, 15) is 9.59 Å². The van der Waals surface area contributed by atoms with Crippen LogP contribution < -0.4 is 5.32 Å². The molecule has 0 aromatic carbocycles. The number of amides is 1. The summed E-state index contributed by atoms with van der Waals surface area (Å²) < 4.78 is 16.1. The fourth-order valence-electron chi connectivity index (χ4n) is 2.79. The summed E-state index contributed by atoms with van der Waals surface area (Å²) in [4.78, 5) is 27.1. The van der Waals surface area contributed by atoms with Crippen LogP contribution in [0.1, 0.15) is 70.5 Å². The third-order valence-corrected chi connectivity index (χ3v) is 4.31. The second-order valence-electron chi connectivity index (χ2n) is 6.27. The number of aromatic carboxylic acids is 1. The molecule has 0 spiro atoms. The van der Waals surface area contributed by atoms with E-state index in [2.05, 4.69) is 15.5 Å². The normalized spacial score (nSPS) is 22.9. The maximum Gasteiger partial charge on any atom is 0.371 e. The van der Waals surface area contributed by atoms with Gasteiger partial charge in [-0.05, 0) is 37.8 Å². The second kappa shape index (κ2) is 6.32. The van der Waals surface area contributed by atoms with E-state index in [4.69, 9.17) is 18.8 Å². The smallest absolute Gasteiger partial charge is 0.371 e. The number of aromatic nitrogens is 2. The van der Waals surface area contributed by atoms with Gasteiger partial charge in [0.25, 0.3) is 11.8 Å². The van der Waals surface area contributed by atoms with Crippen LogP contribution in [0.2, 0.25) is 0 Å². The summed E-state index contributed by atoms with van der Waals surface area (Å²) in [7, 11) is 0. The minimum Gasteiger partial charge on any atom is -0.475 e. The largest absolute Gasteiger partial charge is 0.475 e. The van der Waals surface area contributed by atoms with E-state index in [0.29, 0.717) is 18.4 Å². The van der Waals surface area contributed by atoms with Gasteiger partial charge in [-0.15, -0.1) is 0 Å². The Morgan fingerprint density at radius 2 is 2.00 bits per heavy atom. The average Bonchev–Trinajstić information content (AvgIpc) is 3.06. The molecule has 0 unspecified atom stereocenters. The number of ether oxygens (including phenoxy) is 1. The van der Waals surface area contributed by atoms with Crippen LogP contribution in [0.4, 0.5) is 0 Å². The van der Waals surface area contributed by atoms with Gasteiger partial charge in [0.05, 0.1) is 6.10 Å². The number of hydrogen-bond donors (Lipinski definition) is 2. The predicted molar refractivity (Wildman–Crippen MR) is 81.1 cm³/mol. The van der Waals surface area contributed by atoms with Crippen molar-refractivity contribution in [3.8, 4) is 0 Å². The highest BCUT2D eigenvalue weighted by molar-refractivity contribution is 5.93. The lowest BCUT2D eigenvalue weighted by Crippen LogP contribution is -2.31. The Morgan fingerprint density at radius 1 is 1.20 bits per heavy atom. The number of furan rings is 1. The summed E-state index contributed by atoms with van der Waals surface area (Å²) in [6.07, 6.45) is 3.30. The van der Waals surface area contributed by atoms with Crippen LogP contribution in [0.5, 0.6) is 0 Å². The first-order valence-electron chi connectivity index (χ1n) is 8.20. The van der Waals surface area contributed by atoms with Crippen molar-refractivity contribution in [1.29, 1.82) is 0 Å². The standard InChI is InChI=1S/C16H17N3O6/c20-14(10-5-6-12(24-10)16(21)22)17-7-9-3-4-11(23-9)15-18-13(19-25-15)8-1-2-8/h5-6,8-9,11H,1-4,7H2,(H,17,20)(H,21,22)/t9-,11+/m0/s1. The number of rotatable bonds is 6. The zero-order chi connectivity index (χ0) is 17.4. The Kier molecular flexibility index (Phi) is 4.00. The molecule has 9 heteroatoms. The highest BCUT2D eigenvalue weighted by Crippen LogP contribution is 2.39. The van der Waals surface area contributed by atoms with Crippen LogP contribution in [0.25, 0.3) is 0 Å². The van der Waals surface area contributed by atoms with Crippen molar-refractivity contribution in [2.75, 3.05) is 6.54 Å². The van der Waals surface area contributed by atoms with Crippen LogP contribution >= 0.6 is 0 Å². The maximum atomic E-state index is 12.0. The lowest BCUT2D eigenvalue weighted by atomic mass is 10.2. The topological polar surface area (TPSA) is 128 Å². The Balaban J connectivity index is 1.28. The van der Waals surface area contributed by atoms with Crippen LogP contribution in [-0.2, 0) is 4.74 Å². The van der Waals surface area contributed by atoms with Gasteiger partial charge in [0.1, 0.15) is 6.10 Å². The minimum absolute atomic E-state index is 0.0436. The first kappa shape index (κ1) is 15.8. The number of nitrogens with one attached hydrogen (secondary N) is 1. The highest BCUT2D eigenvalue weighted by atomic mass is 16.5. The molecule has 2 aromatic heterocycles. The van der Waals surface area contributed by atoms with Gasteiger partial charge < -0.3 is 24.1 Å². The van der Waals surface area contributed by atoms with E-state index in [-0.39, 0.29) is 23.7 Å². The summed E-state index contributed by atoms with van der Waals surface area (Å²) in [6.45, 7) is 0.294. The first-order valence-corrected chi connectivity index (χ1v) is 8.20. The number of carboxylic acids is 1. The number of carboxylic acid groups (broad SMARTS) is 1. The van der Waals surface area contributed by atoms with Gasteiger partial charge in [0, 0.05) is 12.5 Å². The molecular formula is C16H17N3O6. The fourth-order valence-corrected chi connectivity index (χ4v) is 2.79. The van der Waals surface area contributed by atoms with E-state index in [1.165, 1.54) is 12.1 Å². The van der Waals surface area contributed by atoms with Crippen LogP contribution in [0, 0.1) is 0 Å². The predicted octanol–water partition coefficient (Wildman–Crippen LogP) is 1.89. The maximum absolute atomic E-state index is 12.0. The monoisotopic (exact) mass is 347 g/mol. The van der Waals surface area contributed by atoms with Crippen molar-refractivity contribution in [1.82, 2.24) is 15.5 Å². The lowest BCUT2D eigenvalue weighted by Gasteiger charge is -2.11. The number of carbonyl (C=O) groups excluding carboxylic acids is 1. The third kappa shape index (κ3) is 3.41. The summed E-state index contributed by atoms with van der Waals surface area (Å²) in [5, 5.41) is 15.5. The van der Waals surface area contributed by atoms with E-state index >= 15 is 0 Å². The zero-order valence-electron chi connectivity index (χ0n) is 13.3. The number of nitrogens with zero attached hydrogens (tertiary/aromatic N) is 2. The van der Waals surface area contributed by atoms with E-state index in [1.807, 2.05) is 0 Å². The molecule has 2 atom stereocenters. The molecule has 1 aliphatic heterocycles. The molecule has 1 aliphatic carbocycles. The summed E-state index contributed by atoms with van der Waals surface area (Å²) >= 11 is 0. The van der Waals surface area contributed by atoms with Gasteiger partial charge in [0.2, 0.25) is 5.76 Å². The van der Waals surface area contributed by atoms with E-state index in [1.54, 1.807) is 0 Å². The first-order chi connectivity index (χ1) is 12.1. The number of hydrogen-bond acceptors (Lipinski definition) is 7. The van der Waals surface area contributed by atoms with Crippen LogP contribution in [-0.4, -0.2) is 39.8 Å². The van der Waals surface area contributed by atoms with Crippen molar-refractivity contribution >= 4 is 11.9 Å². The van der Waals surface area contributed by atoms with Gasteiger partial charge >= 0.3 is 5.97 Å². The Bertz CT molecular complexity index is 793. The Morgan fingerprint density at radius 3 is 2.72 bits per heavy atom. The molecule has 25 heavy (non-hydrogen) atoms. The van der Waals surface area contributed by atoms with Crippen molar-refractivity contribution in [3.05, 3.63) is 35.4 Å². The van der Waals surface area contributed by atoms with Crippen molar-refractivity contribution in [3.63, 3.8) is 0 Å². The molecule has 0 radical (unpaired) electrons. The summed E-state index contributed by atoms with van der Waals surface area (Å²) in [5.74, 6) is -0.337. The molecule has 2 fully saturated rings. The summed E-state index contributed by atoms with van der Waals surface area (Å²) in [6, 6.07) is 2.57. The molecule has 0 bridgehead atoms. The molecule has 2 aliphatic rings. The van der Waals surface area contributed by atoms with Gasteiger partial charge in [-0.25, -0.2) is 4.79 Å². The quantitative estimate of drug-likeness (QED) is 0.811. The Hall–Kier alpha value is -2.68. The molecule has 2 N–H and O–H groups in total. The van der Waals surface area contributed by atoms with Gasteiger partial charge in [0.15, 0.2) is 11.6 Å². The molecule has 1 saturated carbocycles. The van der Waals surface area contributed by atoms with Crippen molar-refractivity contribution in [2.24, 2.45) is 0 Å². The Labute approximate surface area is 142 Å². The fraction of sp³-hybridized carbons (Fsp3) is 0.500. The van der Waals surface area contributed by atoms with E-state index in [0.717, 1.165) is 31.5 Å². The lowest BCUT2D eigenvalue weighted by molar-refractivity contribution is 0.0260. The molecule has 1 amide bonds. The number of carbonyl (C=O) groups is 2. The van der Waals surface area contributed by atoms with Crippen LogP contribution in [0.3, 0.4) is 0 Å². The zero-order valence-corrected chi connectivity index (χ0v) is 13.3. The van der Waals surface area contributed by atoms with Crippen molar-refractivity contribution < 1.29 is 28.4 Å². The van der Waals surface area contributed by atoms with Crippen LogP contribution in [0.15, 0.2) is 21.1 Å². The van der Waals surface area contributed by atoms with Gasteiger partial charge in [-0.1, -0.05) is 5.16 Å². The molecule has 3 heterocycles. The van der Waals surface area contributed by atoms with Crippen molar-refractivity contribution in [2.45, 2.75) is 43.8 Å². The average molecular weight is 347 g/mol. The molecule has 2 aromatic rings. The molecule has 132 valence electrons. The van der Waals surface area contributed by atoms with Gasteiger partial charge in [-0.3, -0.25) is 4.79 Å². The van der Waals surface area contributed by atoms with E-state index < -0.39 is 11.9 Å². The summed E-state index contributed by atoms with van der Waals surface area (Å²) in [5.41, 5.74) is 0. The molecule has 1 saturated heterocycles. The SMILES string of the molecule is O=C(O)c1ccc(C(=O)NC[C@@H]2CC[C@H](c3nc(C4CC4)no3)O2)o1. The molecule has 4 rings (SSSR count). The highest BCUT2D eigenvalue weighted by Gasteiger charge is 2.34. The van der Waals surface area contributed by atoms with Gasteiger partial charge in [-0.2, -0.15) is 4.98 Å². The minimum atomic E-state index is -1.22.